The molecule has 2 heterocycles. The number of benzene rings is 2. The zero-order valence-electron chi connectivity index (χ0n) is 14.5. The molecule has 0 aromatic heterocycles. The third kappa shape index (κ3) is 2.66. The first kappa shape index (κ1) is 16.7. The fourth-order valence-corrected chi connectivity index (χ4v) is 3.48. The third-order valence-electron chi connectivity index (χ3n) is 5.03. The molecule has 0 bridgehead atoms. The van der Waals surface area contributed by atoms with Crippen LogP contribution in [0.4, 0.5) is 0 Å². The van der Waals surface area contributed by atoms with Crippen molar-refractivity contribution in [3.63, 3.8) is 0 Å². The van der Waals surface area contributed by atoms with Crippen LogP contribution in [-0.2, 0) is 6.42 Å². The smallest absolute Gasteiger partial charge is 0.174 e. The van der Waals surface area contributed by atoms with Crippen molar-refractivity contribution in [3.8, 4) is 23.0 Å². The number of aliphatic hydroxyl groups is 1. The van der Waals surface area contributed by atoms with Gasteiger partial charge in [-0.1, -0.05) is 6.07 Å². The molecule has 0 amide bonds. The summed E-state index contributed by atoms with van der Waals surface area (Å²) in [7, 11) is 0. The van der Waals surface area contributed by atoms with Crippen LogP contribution in [0.25, 0.3) is 0 Å². The zero-order valence-corrected chi connectivity index (χ0v) is 14.5. The number of hydrogen-bond acceptors (Lipinski definition) is 6. The van der Waals surface area contributed by atoms with Gasteiger partial charge in [0.25, 0.3) is 0 Å². The molecular weight excluding hydrogens is 336 g/mol. The molecule has 0 spiro atoms. The maximum Gasteiger partial charge on any atom is 0.174 e. The van der Waals surface area contributed by atoms with Gasteiger partial charge in [0.15, 0.2) is 5.78 Å². The van der Waals surface area contributed by atoms with Crippen LogP contribution in [0, 0.1) is 0 Å². The molecular formula is C20H20O6. The fraction of sp³-hybridized carbons (Fsp3) is 0.350. The Hall–Kier alpha value is -2.73. The molecule has 0 saturated carbocycles. The summed E-state index contributed by atoms with van der Waals surface area (Å²) in [5.74, 6) is 0.177. The number of hydrogen-bond donors (Lipinski definition) is 3. The second kappa shape index (κ2) is 5.64. The molecule has 3 N–H and O–H groups in total. The lowest BCUT2D eigenvalue weighted by molar-refractivity contribution is -0.0412. The van der Waals surface area contributed by atoms with Crippen LogP contribution >= 0.6 is 0 Å². The Morgan fingerprint density at radius 2 is 1.85 bits per heavy atom. The standard InChI is InChI=1S/C20H20O6/c1-20(2)18(24)6-11-5-10(3-4-15(11)26-20)16-9-14(23)19-13(22)7-12(21)8-17(19)25-16/h3-5,7-8,16,18,21-22,24H,6,9H2,1-2H3/t16-,18+/m1/s1. The number of carbonyl (C=O) groups excluding carboxylic acids is 1. The predicted octanol–water partition coefficient (Wildman–Crippen LogP) is 2.88. The van der Waals surface area contributed by atoms with E-state index in [1.807, 2.05) is 32.0 Å². The van der Waals surface area contributed by atoms with E-state index in [1.54, 1.807) is 0 Å². The van der Waals surface area contributed by atoms with E-state index < -0.39 is 17.8 Å². The first-order valence-corrected chi connectivity index (χ1v) is 8.50. The Labute approximate surface area is 150 Å². The van der Waals surface area contributed by atoms with E-state index in [4.69, 9.17) is 9.47 Å². The lowest BCUT2D eigenvalue weighted by Gasteiger charge is -2.37. The second-order valence-electron chi connectivity index (χ2n) is 7.36. The third-order valence-corrected chi connectivity index (χ3v) is 5.03. The highest BCUT2D eigenvalue weighted by Crippen LogP contribution is 2.43. The summed E-state index contributed by atoms with van der Waals surface area (Å²) in [6.45, 7) is 3.68. The lowest BCUT2D eigenvalue weighted by atomic mass is 9.88. The van der Waals surface area contributed by atoms with E-state index in [1.165, 1.54) is 6.07 Å². The van der Waals surface area contributed by atoms with Crippen molar-refractivity contribution >= 4 is 5.78 Å². The fourth-order valence-electron chi connectivity index (χ4n) is 3.48. The number of Topliss-reactive ketones (excluding diaryl/α,β-unsaturated/α-hetero) is 1. The van der Waals surface area contributed by atoms with Crippen LogP contribution in [-0.4, -0.2) is 32.8 Å². The first-order valence-electron chi connectivity index (χ1n) is 8.50. The Morgan fingerprint density at radius 1 is 1.08 bits per heavy atom. The van der Waals surface area contributed by atoms with Crippen LogP contribution < -0.4 is 9.47 Å². The molecule has 0 fully saturated rings. The summed E-state index contributed by atoms with van der Waals surface area (Å²) in [6.07, 6.45) is -0.629. The van der Waals surface area contributed by atoms with Gasteiger partial charge in [0.2, 0.25) is 0 Å². The molecule has 6 heteroatoms. The molecule has 2 atom stereocenters. The molecule has 26 heavy (non-hydrogen) atoms. The van der Waals surface area contributed by atoms with Crippen LogP contribution in [0.15, 0.2) is 30.3 Å². The maximum atomic E-state index is 12.4. The number of aromatic hydroxyl groups is 2. The molecule has 2 aromatic rings. The molecule has 0 radical (unpaired) electrons. The van der Waals surface area contributed by atoms with Crippen molar-refractivity contribution in [3.05, 3.63) is 47.0 Å². The van der Waals surface area contributed by atoms with Gasteiger partial charge >= 0.3 is 0 Å². The Kier molecular flexibility index (Phi) is 3.63. The number of ether oxygens (including phenoxy) is 2. The quantitative estimate of drug-likeness (QED) is 0.727. The summed E-state index contributed by atoms with van der Waals surface area (Å²) in [6, 6.07) is 7.98. The summed E-state index contributed by atoms with van der Waals surface area (Å²) in [5.41, 5.74) is 1.08. The van der Waals surface area contributed by atoms with Crippen molar-refractivity contribution in [2.24, 2.45) is 0 Å². The van der Waals surface area contributed by atoms with Gasteiger partial charge in [-0.05, 0) is 37.1 Å². The summed E-state index contributed by atoms with van der Waals surface area (Å²) in [4.78, 5) is 12.4. The summed E-state index contributed by atoms with van der Waals surface area (Å²) < 4.78 is 11.7. The van der Waals surface area contributed by atoms with Gasteiger partial charge in [-0.2, -0.15) is 0 Å². The molecule has 2 aromatic carbocycles. The Bertz CT molecular complexity index is 901. The van der Waals surface area contributed by atoms with Gasteiger partial charge < -0.3 is 24.8 Å². The lowest BCUT2D eigenvalue weighted by Crippen LogP contribution is -2.46. The topological polar surface area (TPSA) is 96.2 Å². The van der Waals surface area contributed by atoms with E-state index in [-0.39, 0.29) is 35.0 Å². The van der Waals surface area contributed by atoms with Crippen LogP contribution in [0.2, 0.25) is 0 Å². The van der Waals surface area contributed by atoms with E-state index in [0.29, 0.717) is 12.2 Å². The van der Waals surface area contributed by atoms with Gasteiger partial charge in [-0.15, -0.1) is 0 Å². The van der Waals surface area contributed by atoms with Crippen LogP contribution in [0.1, 0.15) is 47.9 Å². The second-order valence-corrected chi connectivity index (χ2v) is 7.36. The van der Waals surface area contributed by atoms with Crippen molar-refractivity contribution in [2.45, 2.75) is 44.5 Å². The predicted molar refractivity (Wildman–Crippen MR) is 92.9 cm³/mol. The Morgan fingerprint density at radius 3 is 2.62 bits per heavy atom. The van der Waals surface area contributed by atoms with E-state index in [9.17, 15) is 20.1 Å². The minimum atomic E-state index is -0.653. The molecule has 2 aliphatic heterocycles. The van der Waals surface area contributed by atoms with E-state index in [0.717, 1.165) is 17.2 Å². The molecule has 6 nitrogen and oxygen atoms in total. The normalized spacial score (nSPS) is 23.4. The zero-order chi connectivity index (χ0) is 18.6. The van der Waals surface area contributed by atoms with E-state index >= 15 is 0 Å². The number of phenolic OH excluding ortho intramolecular Hbond substituents is 2. The van der Waals surface area contributed by atoms with Gasteiger partial charge in [0, 0.05) is 18.6 Å². The largest absolute Gasteiger partial charge is 0.508 e. The SMILES string of the molecule is CC1(C)Oc2ccc([C@H]3CC(=O)c4c(O)cc(O)cc4O3)cc2C[C@@H]1O. The van der Waals surface area contributed by atoms with Crippen molar-refractivity contribution in [1.82, 2.24) is 0 Å². The number of fused-ring (bicyclic) bond motifs is 2. The number of carbonyl (C=O) groups is 1. The molecule has 136 valence electrons. The van der Waals surface area contributed by atoms with Crippen LogP contribution in [0.3, 0.4) is 0 Å². The average Bonchev–Trinajstić information content (AvgIpc) is 2.54. The minimum absolute atomic E-state index is 0.0824. The van der Waals surface area contributed by atoms with Crippen molar-refractivity contribution in [1.29, 1.82) is 0 Å². The van der Waals surface area contributed by atoms with Crippen LogP contribution in [0.5, 0.6) is 23.0 Å². The van der Waals surface area contributed by atoms with Crippen molar-refractivity contribution in [2.75, 3.05) is 0 Å². The first-order chi connectivity index (χ1) is 12.2. The molecule has 2 aliphatic rings. The molecule has 0 aliphatic carbocycles. The summed E-state index contributed by atoms with van der Waals surface area (Å²) >= 11 is 0. The highest BCUT2D eigenvalue weighted by atomic mass is 16.5. The van der Waals surface area contributed by atoms with Gasteiger partial charge in [0.05, 0.1) is 12.5 Å². The molecule has 0 saturated heterocycles. The highest BCUT2D eigenvalue weighted by Gasteiger charge is 2.37. The average molecular weight is 356 g/mol. The van der Waals surface area contributed by atoms with Gasteiger partial charge in [-0.25, -0.2) is 0 Å². The number of ketones is 1. The number of aliphatic hydroxyl groups excluding tert-OH is 1. The van der Waals surface area contributed by atoms with E-state index in [2.05, 4.69) is 0 Å². The maximum absolute atomic E-state index is 12.4. The number of phenols is 2. The highest BCUT2D eigenvalue weighted by molar-refractivity contribution is 6.02. The van der Waals surface area contributed by atoms with Crippen molar-refractivity contribution < 1.29 is 29.6 Å². The Balaban J connectivity index is 1.67. The molecule has 4 rings (SSSR count). The minimum Gasteiger partial charge on any atom is -0.508 e. The molecule has 0 unspecified atom stereocenters. The monoisotopic (exact) mass is 356 g/mol. The van der Waals surface area contributed by atoms with Gasteiger partial charge in [-0.3, -0.25) is 4.79 Å². The summed E-state index contributed by atoms with van der Waals surface area (Å²) in [5, 5.41) is 29.8. The number of rotatable bonds is 1. The van der Waals surface area contributed by atoms with Gasteiger partial charge in [0.1, 0.15) is 40.3 Å².